The topological polar surface area (TPSA) is 49.9 Å². The number of carbonyl (C=O) groups excluding carboxylic acids is 2. The summed E-state index contributed by atoms with van der Waals surface area (Å²) in [4.78, 5) is 27.9. The number of esters is 1. The van der Waals surface area contributed by atoms with Crippen molar-refractivity contribution in [1.29, 1.82) is 0 Å². The molecule has 1 amide bonds. The fourth-order valence-corrected chi connectivity index (χ4v) is 2.58. The van der Waals surface area contributed by atoms with E-state index in [0.29, 0.717) is 12.1 Å². The second kappa shape index (κ2) is 8.52. The zero-order valence-corrected chi connectivity index (χ0v) is 16.1. The van der Waals surface area contributed by atoms with Gasteiger partial charge in [-0.25, -0.2) is 4.79 Å². The summed E-state index contributed by atoms with van der Waals surface area (Å²) in [5.41, 5.74) is 4.83. The van der Waals surface area contributed by atoms with Crippen LogP contribution in [-0.2, 0) is 16.1 Å². The molecule has 26 heavy (non-hydrogen) atoms. The first-order valence-electron chi connectivity index (χ1n) is 8.52. The molecule has 2 aromatic carbocycles. The van der Waals surface area contributed by atoms with E-state index in [1.807, 2.05) is 57.1 Å². The van der Waals surface area contributed by atoms with E-state index in [1.165, 1.54) is 5.56 Å². The van der Waals surface area contributed by atoms with Gasteiger partial charge in [-0.05, 0) is 49.2 Å². The lowest BCUT2D eigenvalue weighted by atomic mass is 10.1. The van der Waals surface area contributed by atoms with Gasteiger partial charge in [-0.2, -0.15) is 0 Å². The molecular formula is C21H26N2O3. The summed E-state index contributed by atoms with van der Waals surface area (Å²) in [6.45, 7) is 4.28. The van der Waals surface area contributed by atoms with Crippen LogP contribution in [0.5, 0.6) is 0 Å². The Labute approximate surface area is 155 Å². The number of nitrogens with zero attached hydrogens (tertiary/aromatic N) is 2. The standard InChI is InChI=1S/C21H26N2O3/c1-15-6-7-18(16(2)12-15)13-23(5)20(24)14-26-21(25)17-8-10-19(11-9-17)22(3)4/h6-12H,13-14H2,1-5H3. The third-order valence-electron chi connectivity index (χ3n) is 4.28. The van der Waals surface area contributed by atoms with Gasteiger partial charge in [-0.3, -0.25) is 4.79 Å². The van der Waals surface area contributed by atoms with Crippen molar-refractivity contribution in [2.75, 3.05) is 32.6 Å². The van der Waals surface area contributed by atoms with Crippen molar-refractivity contribution in [1.82, 2.24) is 4.90 Å². The Kier molecular flexibility index (Phi) is 6.39. The van der Waals surface area contributed by atoms with Crippen LogP contribution in [0.2, 0.25) is 0 Å². The molecule has 0 unspecified atom stereocenters. The van der Waals surface area contributed by atoms with Crippen molar-refractivity contribution in [2.45, 2.75) is 20.4 Å². The molecule has 0 aliphatic heterocycles. The Morgan fingerprint density at radius 1 is 0.962 bits per heavy atom. The van der Waals surface area contributed by atoms with Crippen molar-refractivity contribution in [3.05, 3.63) is 64.7 Å². The lowest BCUT2D eigenvalue weighted by Gasteiger charge is -2.19. The molecule has 0 bridgehead atoms. The molecule has 0 radical (unpaired) electrons. The molecule has 0 fully saturated rings. The largest absolute Gasteiger partial charge is 0.452 e. The summed E-state index contributed by atoms with van der Waals surface area (Å²) in [5, 5.41) is 0. The molecule has 0 N–H and O–H groups in total. The Hall–Kier alpha value is -2.82. The Morgan fingerprint density at radius 3 is 2.19 bits per heavy atom. The molecule has 5 nitrogen and oxygen atoms in total. The van der Waals surface area contributed by atoms with E-state index in [-0.39, 0.29) is 12.5 Å². The maximum atomic E-state index is 12.2. The average molecular weight is 354 g/mol. The van der Waals surface area contributed by atoms with Gasteiger partial charge in [0.15, 0.2) is 6.61 Å². The number of carbonyl (C=O) groups is 2. The van der Waals surface area contributed by atoms with E-state index in [2.05, 4.69) is 6.07 Å². The number of anilines is 1. The quantitative estimate of drug-likeness (QED) is 0.748. The van der Waals surface area contributed by atoms with E-state index >= 15 is 0 Å². The summed E-state index contributed by atoms with van der Waals surface area (Å²) in [5.74, 6) is -0.730. The van der Waals surface area contributed by atoms with Crippen LogP contribution in [0.15, 0.2) is 42.5 Å². The smallest absolute Gasteiger partial charge is 0.338 e. The second-order valence-corrected chi connectivity index (χ2v) is 6.70. The van der Waals surface area contributed by atoms with Crippen molar-refractivity contribution in [3.63, 3.8) is 0 Å². The van der Waals surface area contributed by atoms with E-state index in [9.17, 15) is 9.59 Å². The Bertz CT molecular complexity index is 782. The second-order valence-electron chi connectivity index (χ2n) is 6.70. The predicted octanol–water partition coefficient (Wildman–Crippen LogP) is 3.18. The van der Waals surface area contributed by atoms with Crippen LogP contribution >= 0.6 is 0 Å². The molecule has 0 aromatic heterocycles. The minimum absolute atomic E-state index is 0.233. The normalized spacial score (nSPS) is 10.3. The number of rotatable bonds is 6. The van der Waals surface area contributed by atoms with E-state index in [1.54, 1.807) is 24.1 Å². The number of aryl methyl sites for hydroxylation is 2. The van der Waals surface area contributed by atoms with Crippen LogP contribution in [-0.4, -0.2) is 44.5 Å². The highest BCUT2D eigenvalue weighted by molar-refractivity contribution is 5.91. The fraction of sp³-hybridized carbons (Fsp3) is 0.333. The van der Waals surface area contributed by atoms with Crippen LogP contribution < -0.4 is 4.90 Å². The number of amides is 1. The molecule has 0 saturated carbocycles. The van der Waals surface area contributed by atoms with Gasteiger partial charge >= 0.3 is 5.97 Å². The highest BCUT2D eigenvalue weighted by Gasteiger charge is 2.14. The van der Waals surface area contributed by atoms with Gasteiger partial charge in [0.1, 0.15) is 0 Å². The number of hydrogen-bond donors (Lipinski definition) is 0. The third-order valence-corrected chi connectivity index (χ3v) is 4.28. The average Bonchev–Trinajstić information content (AvgIpc) is 2.61. The van der Waals surface area contributed by atoms with E-state index < -0.39 is 5.97 Å². The molecule has 138 valence electrons. The van der Waals surface area contributed by atoms with Gasteiger partial charge < -0.3 is 14.5 Å². The zero-order valence-electron chi connectivity index (χ0n) is 16.1. The number of benzene rings is 2. The van der Waals surface area contributed by atoms with Crippen molar-refractivity contribution in [3.8, 4) is 0 Å². The van der Waals surface area contributed by atoms with Gasteiger partial charge in [0.05, 0.1) is 5.56 Å². The third kappa shape index (κ3) is 5.09. The minimum Gasteiger partial charge on any atom is -0.452 e. The van der Waals surface area contributed by atoms with Gasteiger partial charge in [-0.15, -0.1) is 0 Å². The Morgan fingerprint density at radius 2 is 1.62 bits per heavy atom. The summed E-state index contributed by atoms with van der Waals surface area (Å²) in [6.07, 6.45) is 0. The van der Waals surface area contributed by atoms with Gasteiger partial charge in [0.2, 0.25) is 0 Å². The lowest BCUT2D eigenvalue weighted by molar-refractivity contribution is -0.133. The van der Waals surface area contributed by atoms with E-state index in [0.717, 1.165) is 16.8 Å². The van der Waals surface area contributed by atoms with Crippen molar-refractivity contribution < 1.29 is 14.3 Å². The van der Waals surface area contributed by atoms with Gasteiger partial charge in [0, 0.05) is 33.4 Å². The van der Waals surface area contributed by atoms with Crippen LogP contribution in [0.4, 0.5) is 5.69 Å². The number of ether oxygens (including phenoxy) is 1. The summed E-state index contributed by atoms with van der Waals surface area (Å²) in [7, 11) is 5.57. The SMILES string of the molecule is Cc1ccc(CN(C)C(=O)COC(=O)c2ccc(N(C)C)cc2)c(C)c1. The number of hydrogen-bond acceptors (Lipinski definition) is 4. The molecule has 0 aliphatic rings. The first kappa shape index (κ1) is 19.5. The van der Waals surface area contributed by atoms with Crippen LogP contribution in [0.25, 0.3) is 0 Å². The summed E-state index contributed by atoms with van der Waals surface area (Å²) in [6, 6.07) is 13.2. The maximum absolute atomic E-state index is 12.2. The highest BCUT2D eigenvalue weighted by Crippen LogP contribution is 2.14. The molecular weight excluding hydrogens is 328 g/mol. The van der Waals surface area contributed by atoms with Crippen LogP contribution in [0, 0.1) is 13.8 Å². The first-order valence-corrected chi connectivity index (χ1v) is 8.52. The maximum Gasteiger partial charge on any atom is 0.338 e. The molecule has 2 aromatic rings. The van der Waals surface area contributed by atoms with Crippen molar-refractivity contribution >= 4 is 17.6 Å². The van der Waals surface area contributed by atoms with Gasteiger partial charge in [-0.1, -0.05) is 23.8 Å². The molecule has 2 rings (SSSR count). The van der Waals surface area contributed by atoms with E-state index in [4.69, 9.17) is 4.74 Å². The lowest BCUT2D eigenvalue weighted by Crippen LogP contribution is -2.31. The molecule has 5 heteroatoms. The van der Waals surface area contributed by atoms with Gasteiger partial charge in [0.25, 0.3) is 5.91 Å². The molecule has 0 saturated heterocycles. The predicted molar refractivity (Wildman–Crippen MR) is 103 cm³/mol. The monoisotopic (exact) mass is 354 g/mol. The molecule has 0 atom stereocenters. The van der Waals surface area contributed by atoms with Crippen LogP contribution in [0.1, 0.15) is 27.0 Å². The fourth-order valence-electron chi connectivity index (χ4n) is 2.58. The molecule has 0 heterocycles. The highest BCUT2D eigenvalue weighted by atomic mass is 16.5. The summed E-state index contributed by atoms with van der Waals surface area (Å²) >= 11 is 0. The van der Waals surface area contributed by atoms with Crippen molar-refractivity contribution in [2.24, 2.45) is 0 Å². The minimum atomic E-state index is -0.497. The Balaban J connectivity index is 1.89. The number of likely N-dealkylation sites (N-methyl/N-ethyl adjacent to an activating group) is 1. The first-order chi connectivity index (χ1) is 12.3. The summed E-state index contributed by atoms with van der Waals surface area (Å²) < 4.78 is 5.15. The molecule has 0 spiro atoms. The van der Waals surface area contributed by atoms with Crippen LogP contribution in [0.3, 0.4) is 0 Å². The zero-order chi connectivity index (χ0) is 19.3. The molecule has 0 aliphatic carbocycles.